The van der Waals surface area contributed by atoms with E-state index in [4.69, 9.17) is 9.47 Å². The highest BCUT2D eigenvalue weighted by Gasteiger charge is 2.19. The van der Waals surface area contributed by atoms with Gasteiger partial charge in [0, 0.05) is 19.2 Å². The summed E-state index contributed by atoms with van der Waals surface area (Å²) in [7, 11) is 0. The third kappa shape index (κ3) is 3.93. The zero-order valence-corrected chi connectivity index (χ0v) is 13.7. The summed E-state index contributed by atoms with van der Waals surface area (Å²) in [5.74, 6) is 0.988. The molecule has 0 radical (unpaired) electrons. The van der Waals surface area contributed by atoms with Crippen LogP contribution in [0.2, 0.25) is 0 Å². The van der Waals surface area contributed by atoms with Crippen LogP contribution in [-0.2, 0) is 11.2 Å². The summed E-state index contributed by atoms with van der Waals surface area (Å²) < 4.78 is 11.6. The van der Waals surface area contributed by atoms with Gasteiger partial charge in [-0.05, 0) is 50.3 Å². The van der Waals surface area contributed by atoms with Crippen LogP contribution in [-0.4, -0.2) is 37.9 Å². The molecule has 4 nitrogen and oxygen atoms in total. The molecule has 0 bridgehead atoms. The molecule has 1 fully saturated rings. The smallest absolute Gasteiger partial charge is 0.142 e. The van der Waals surface area contributed by atoms with Crippen molar-refractivity contribution in [3.8, 4) is 5.75 Å². The van der Waals surface area contributed by atoms with Crippen molar-refractivity contribution in [2.45, 2.75) is 57.8 Å². The normalized spacial score (nSPS) is 25.2. The first-order valence-corrected chi connectivity index (χ1v) is 8.63. The van der Waals surface area contributed by atoms with Gasteiger partial charge in [-0.3, -0.25) is 0 Å². The quantitative estimate of drug-likeness (QED) is 0.848. The molecule has 2 aliphatic heterocycles. The average molecular weight is 304 g/mol. The van der Waals surface area contributed by atoms with Gasteiger partial charge in [0.2, 0.25) is 0 Å². The summed E-state index contributed by atoms with van der Waals surface area (Å²) in [5.41, 5.74) is 2.48. The van der Waals surface area contributed by atoms with Crippen LogP contribution in [0.5, 0.6) is 5.75 Å². The topological polar surface area (TPSA) is 42.5 Å². The Morgan fingerprint density at radius 1 is 1.36 bits per heavy atom. The monoisotopic (exact) mass is 304 g/mol. The minimum Gasteiger partial charge on any atom is -0.486 e. The maximum atomic E-state index is 5.96. The molecular weight excluding hydrogens is 276 g/mol. The number of ether oxygens (including phenoxy) is 2. The van der Waals surface area contributed by atoms with E-state index in [2.05, 4.69) is 42.7 Å². The molecule has 122 valence electrons. The minimum absolute atomic E-state index is 0.297. The highest BCUT2D eigenvalue weighted by molar-refractivity contribution is 5.59. The molecule has 2 aliphatic rings. The van der Waals surface area contributed by atoms with Gasteiger partial charge in [0.1, 0.15) is 11.9 Å². The Balaban J connectivity index is 1.52. The lowest BCUT2D eigenvalue weighted by Crippen LogP contribution is -2.35. The van der Waals surface area contributed by atoms with Crippen LogP contribution in [0.15, 0.2) is 18.2 Å². The molecule has 3 unspecified atom stereocenters. The van der Waals surface area contributed by atoms with Crippen molar-refractivity contribution in [1.29, 1.82) is 0 Å². The number of hydrogen-bond acceptors (Lipinski definition) is 4. The molecule has 1 aromatic rings. The second kappa shape index (κ2) is 7.34. The SMILES string of the molecule is CCC1CNc2cc(CC(C)NCC3CCCO3)ccc2O1. The fourth-order valence-electron chi connectivity index (χ4n) is 3.18. The van der Waals surface area contributed by atoms with Gasteiger partial charge >= 0.3 is 0 Å². The van der Waals surface area contributed by atoms with E-state index in [0.717, 1.165) is 44.0 Å². The van der Waals surface area contributed by atoms with E-state index in [1.807, 2.05) is 0 Å². The zero-order chi connectivity index (χ0) is 15.4. The van der Waals surface area contributed by atoms with Gasteiger partial charge < -0.3 is 20.1 Å². The van der Waals surface area contributed by atoms with Gasteiger partial charge in [-0.15, -0.1) is 0 Å². The first kappa shape index (κ1) is 15.6. The molecule has 0 spiro atoms. The van der Waals surface area contributed by atoms with Gasteiger partial charge in [-0.2, -0.15) is 0 Å². The maximum Gasteiger partial charge on any atom is 0.142 e. The molecule has 2 N–H and O–H groups in total. The molecule has 3 atom stereocenters. The van der Waals surface area contributed by atoms with E-state index in [1.54, 1.807) is 0 Å². The molecule has 22 heavy (non-hydrogen) atoms. The number of nitrogens with one attached hydrogen (secondary N) is 2. The van der Waals surface area contributed by atoms with Gasteiger partial charge in [0.15, 0.2) is 0 Å². The van der Waals surface area contributed by atoms with Crippen molar-refractivity contribution in [3.63, 3.8) is 0 Å². The third-order valence-electron chi connectivity index (χ3n) is 4.57. The number of rotatable bonds is 6. The Bertz CT molecular complexity index is 486. The van der Waals surface area contributed by atoms with Gasteiger partial charge in [0.05, 0.1) is 18.3 Å². The zero-order valence-electron chi connectivity index (χ0n) is 13.7. The van der Waals surface area contributed by atoms with Crippen LogP contribution >= 0.6 is 0 Å². The highest BCUT2D eigenvalue weighted by Crippen LogP contribution is 2.31. The summed E-state index contributed by atoms with van der Waals surface area (Å²) >= 11 is 0. The predicted molar refractivity (Wildman–Crippen MR) is 89.8 cm³/mol. The molecule has 0 amide bonds. The van der Waals surface area contributed by atoms with Gasteiger partial charge in [0.25, 0.3) is 0 Å². The summed E-state index contributed by atoms with van der Waals surface area (Å²) in [5, 5.41) is 7.08. The van der Waals surface area contributed by atoms with Crippen LogP contribution in [0.1, 0.15) is 38.7 Å². The first-order chi connectivity index (χ1) is 10.7. The number of hydrogen-bond donors (Lipinski definition) is 2. The third-order valence-corrected chi connectivity index (χ3v) is 4.57. The van der Waals surface area contributed by atoms with E-state index >= 15 is 0 Å². The molecule has 0 saturated carbocycles. The summed E-state index contributed by atoms with van der Waals surface area (Å²) in [6.07, 6.45) is 5.17. The average Bonchev–Trinajstić information content (AvgIpc) is 3.06. The van der Waals surface area contributed by atoms with Crippen molar-refractivity contribution in [3.05, 3.63) is 23.8 Å². The number of fused-ring (bicyclic) bond motifs is 1. The molecule has 0 aromatic heterocycles. The molecule has 2 heterocycles. The maximum absolute atomic E-state index is 5.96. The molecule has 0 aliphatic carbocycles. The Kier molecular flexibility index (Phi) is 5.21. The lowest BCUT2D eigenvalue weighted by Gasteiger charge is -2.27. The van der Waals surface area contributed by atoms with E-state index < -0.39 is 0 Å². The molecule has 4 heteroatoms. The van der Waals surface area contributed by atoms with Crippen LogP contribution in [0.4, 0.5) is 5.69 Å². The van der Waals surface area contributed by atoms with Crippen molar-refractivity contribution >= 4 is 5.69 Å². The minimum atomic E-state index is 0.297. The van der Waals surface area contributed by atoms with Crippen molar-refractivity contribution in [2.75, 3.05) is 25.0 Å². The summed E-state index contributed by atoms with van der Waals surface area (Å²) in [6, 6.07) is 6.97. The van der Waals surface area contributed by atoms with Crippen LogP contribution < -0.4 is 15.4 Å². The molecule has 1 aromatic carbocycles. The standard InChI is InChI=1S/C18H28N2O2/c1-3-15-11-20-17-10-14(6-7-18(17)22-15)9-13(2)19-12-16-5-4-8-21-16/h6-7,10,13,15-16,19-20H,3-5,8-9,11-12H2,1-2H3. The molecular formula is C18H28N2O2. The summed E-state index contributed by atoms with van der Waals surface area (Å²) in [6.45, 7) is 7.19. The largest absolute Gasteiger partial charge is 0.486 e. The van der Waals surface area contributed by atoms with Crippen molar-refractivity contribution < 1.29 is 9.47 Å². The van der Waals surface area contributed by atoms with Gasteiger partial charge in [-0.1, -0.05) is 13.0 Å². The number of anilines is 1. The highest BCUT2D eigenvalue weighted by atomic mass is 16.5. The fourth-order valence-corrected chi connectivity index (χ4v) is 3.18. The Hall–Kier alpha value is -1.26. The molecule has 1 saturated heterocycles. The van der Waals surface area contributed by atoms with E-state index in [-0.39, 0.29) is 0 Å². The first-order valence-electron chi connectivity index (χ1n) is 8.63. The summed E-state index contributed by atoms with van der Waals surface area (Å²) in [4.78, 5) is 0. The Morgan fingerprint density at radius 3 is 3.05 bits per heavy atom. The fraction of sp³-hybridized carbons (Fsp3) is 0.667. The van der Waals surface area contributed by atoms with Crippen molar-refractivity contribution in [2.24, 2.45) is 0 Å². The van der Waals surface area contributed by atoms with E-state index in [9.17, 15) is 0 Å². The van der Waals surface area contributed by atoms with Crippen molar-refractivity contribution in [1.82, 2.24) is 5.32 Å². The Labute approximate surface area is 133 Å². The van der Waals surface area contributed by atoms with E-state index in [0.29, 0.717) is 18.2 Å². The van der Waals surface area contributed by atoms with Gasteiger partial charge in [-0.25, -0.2) is 0 Å². The van der Waals surface area contributed by atoms with Crippen LogP contribution in [0, 0.1) is 0 Å². The lowest BCUT2D eigenvalue weighted by molar-refractivity contribution is 0.108. The van der Waals surface area contributed by atoms with Crippen LogP contribution in [0.3, 0.4) is 0 Å². The second-order valence-corrected chi connectivity index (χ2v) is 6.51. The predicted octanol–water partition coefficient (Wildman–Crippen LogP) is 2.97. The van der Waals surface area contributed by atoms with Crippen LogP contribution in [0.25, 0.3) is 0 Å². The number of benzene rings is 1. The second-order valence-electron chi connectivity index (χ2n) is 6.51. The molecule has 3 rings (SSSR count). The lowest BCUT2D eigenvalue weighted by atomic mass is 10.0. The Morgan fingerprint density at radius 2 is 2.27 bits per heavy atom. The van der Waals surface area contributed by atoms with E-state index in [1.165, 1.54) is 18.4 Å².